The lowest BCUT2D eigenvalue weighted by Crippen LogP contribution is -2.32. The lowest BCUT2D eigenvalue weighted by Gasteiger charge is -2.17. The van der Waals surface area contributed by atoms with Gasteiger partial charge in [0.05, 0.1) is 17.2 Å². The molecule has 0 spiro atoms. The smallest absolute Gasteiger partial charge is 0.257 e. The van der Waals surface area contributed by atoms with Crippen molar-refractivity contribution < 1.29 is 14.3 Å². The number of aromatic hydroxyl groups is 1. The number of hydrogen-bond acceptors (Lipinski definition) is 7. The number of hydrogen-bond donors (Lipinski definition) is 2. The van der Waals surface area contributed by atoms with Crippen LogP contribution in [0.2, 0.25) is 0 Å². The number of phenolic OH excluding ortho intramolecular Hbond substituents is 1. The first kappa shape index (κ1) is 16.3. The first-order chi connectivity index (χ1) is 12.5. The van der Waals surface area contributed by atoms with Crippen molar-refractivity contribution in [3.8, 4) is 11.4 Å². The number of furan rings is 1. The molecule has 3 N–H and O–H groups in total. The molecular weight excluding hydrogens is 336 g/mol. The number of aryl methyl sites for hydroxylation is 1. The normalized spacial score (nSPS) is 19.8. The Balaban J connectivity index is 1.59. The molecule has 134 valence electrons. The van der Waals surface area contributed by atoms with Gasteiger partial charge in [0.2, 0.25) is 0 Å². The molecule has 1 aliphatic rings. The Labute approximate surface area is 149 Å². The fourth-order valence-electron chi connectivity index (χ4n) is 3.24. The van der Waals surface area contributed by atoms with Crippen LogP contribution in [0, 0.1) is 6.92 Å². The zero-order chi connectivity index (χ0) is 18.3. The van der Waals surface area contributed by atoms with Crippen molar-refractivity contribution in [3.05, 3.63) is 53.7 Å². The molecule has 2 atom stereocenters. The van der Waals surface area contributed by atoms with E-state index in [0.29, 0.717) is 18.8 Å². The van der Waals surface area contributed by atoms with Crippen molar-refractivity contribution in [2.75, 3.05) is 13.1 Å². The molecule has 26 heavy (non-hydrogen) atoms. The van der Waals surface area contributed by atoms with Crippen molar-refractivity contribution in [1.29, 1.82) is 0 Å². The fourth-order valence-corrected chi connectivity index (χ4v) is 3.24. The highest BCUT2D eigenvalue weighted by Gasteiger charge is 2.36. The molecule has 4 rings (SSSR count). The summed E-state index contributed by atoms with van der Waals surface area (Å²) in [4.78, 5) is 14.6. The molecule has 0 radical (unpaired) electrons. The highest BCUT2D eigenvalue weighted by Crippen LogP contribution is 2.30. The summed E-state index contributed by atoms with van der Waals surface area (Å²) in [5, 5.41) is 21.1. The average Bonchev–Trinajstić information content (AvgIpc) is 3.35. The number of nitrogens with zero attached hydrogens (tertiary/aromatic N) is 5. The van der Waals surface area contributed by atoms with Gasteiger partial charge in [-0.25, -0.2) is 4.68 Å². The van der Waals surface area contributed by atoms with Gasteiger partial charge in [0.1, 0.15) is 23.6 Å². The number of phenols is 1. The van der Waals surface area contributed by atoms with E-state index in [-0.39, 0.29) is 29.2 Å². The highest BCUT2D eigenvalue weighted by atomic mass is 16.3. The number of rotatable bonds is 3. The Hall–Kier alpha value is -3.20. The van der Waals surface area contributed by atoms with Gasteiger partial charge >= 0.3 is 0 Å². The predicted molar refractivity (Wildman–Crippen MR) is 90.9 cm³/mol. The third-order valence-corrected chi connectivity index (χ3v) is 4.60. The molecule has 1 aliphatic heterocycles. The van der Waals surface area contributed by atoms with E-state index >= 15 is 0 Å². The number of carbonyl (C=O) groups excluding carboxylic acids is 1. The molecule has 1 saturated heterocycles. The van der Waals surface area contributed by atoms with E-state index in [1.165, 1.54) is 17.1 Å². The molecule has 0 aliphatic carbocycles. The number of likely N-dealkylation sites (tertiary alicyclic amines) is 1. The van der Waals surface area contributed by atoms with Crippen LogP contribution in [-0.4, -0.2) is 55.3 Å². The standard InChI is InChI=1S/C17H18N6O3/c1-10-2-5-16(26-10)13-7-22(8-14(13)18)17(25)12-6-11(3-4-15(12)24)23-9-19-20-21-23/h2-6,9,13-14,24H,7-8,18H2,1H3/t13-,14-/m1/s1. The van der Waals surface area contributed by atoms with E-state index in [0.717, 1.165) is 11.5 Å². The van der Waals surface area contributed by atoms with Gasteiger partial charge in [0, 0.05) is 19.1 Å². The zero-order valence-electron chi connectivity index (χ0n) is 14.1. The lowest BCUT2D eigenvalue weighted by molar-refractivity contribution is 0.0785. The third-order valence-electron chi connectivity index (χ3n) is 4.60. The maximum Gasteiger partial charge on any atom is 0.257 e. The number of tetrazole rings is 1. The molecule has 2 aromatic heterocycles. The summed E-state index contributed by atoms with van der Waals surface area (Å²) in [6, 6.07) is 8.19. The van der Waals surface area contributed by atoms with E-state index in [1.807, 2.05) is 19.1 Å². The lowest BCUT2D eigenvalue weighted by atomic mass is 10.0. The number of carbonyl (C=O) groups is 1. The molecular formula is C17H18N6O3. The van der Waals surface area contributed by atoms with Crippen molar-refractivity contribution in [2.45, 2.75) is 18.9 Å². The number of nitrogens with two attached hydrogens (primary N) is 1. The Kier molecular flexibility index (Phi) is 3.92. The van der Waals surface area contributed by atoms with Crippen LogP contribution in [0.4, 0.5) is 0 Å². The maximum atomic E-state index is 12.9. The number of aromatic nitrogens is 4. The summed E-state index contributed by atoms with van der Waals surface area (Å²) >= 11 is 0. The summed E-state index contributed by atoms with van der Waals surface area (Å²) in [7, 11) is 0. The topological polar surface area (TPSA) is 123 Å². The minimum Gasteiger partial charge on any atom is -0.507 e. The molecule has 1 fully saturated rings. The molecule has 3 heterocycles. The van der Waals surface area contributed by atoms with Crippen LogP contribution in [0.15, 0.2) is 41.1 Å². The van der Waals surface area contributed by atoms with Crippen molar-refractivity contribution in [3.63, 3.8) is 0 Å². The maximum absolute atomic E-state index is 12.9. The molecule has 1 aromatic carbocycles. The number of amides is 1. The summed E-state index contributed by atoms with van der Waals surface area (Å²) in [5.74, 6) is 1.12. The van der Waals surface area contributed by atoms with Gasteiger partial charge < -0.3 is 20.2 Å². The summed E-state index contributed by atoms with van der Waals surface area (Å²) in [5.41, 5.74) is 6.99. The fraction of sp³-hybridized carbons (Fsp3) is 0.294. The van der Waals surface area contributed by atoms with Gasteiger partial charge in [-0.05, 0) is 47.7 Å². The monoisotopic (exact) mass is 354 g/mol. The molecule has 0 bridgehead atoms. The van der Waals surface area contributed by atoms with E-state index < -0.39 is 0 Å². The minimum atomic E-state index is -0.293. The van der Waals surface area contributed by atoms with Crippen LogP contribution >= 0.6 is 0 Å². The first-order valence-electron chi connectivity index (χ1n) is 8.20. The van der Waals surface area contributed by atoms with E-state index in [2.05, 4.69) is 15.5 Å². The van der Waals surface area contributed by atoms with Crippen LogP contribution in [-0.2, 0) is 0 Å². The molecule has 0 unspecified atom stereocenters. The van der Waals surface area contributed by atoms with E-state index in [4.69, 9.17) is 10.2 Å². The van der Waals surface area contributed by atoms with Gasteiger partial charge in [-0.3, -0.25) is 4.79 Å². The summed E-state index contributed by atoms with van der Waals surface area (Å²) < 4.78 is 7.09. The van der Waals surface area contributed by atoms with Gasteiger partial charge in [-0.15, -0.1) is 5.10 Å². The third kappa shape index (κ3) is 2.82. The van der Waals surface area contributed by atoms with Crippen LogP contribution in [0.25, 0.3) is 5.69 Å². The second-order valence-corrected chi connectivity index (χ2v) is 6.38. The SMILES string of the molecule is Cc1ccc([C@@H]2CN(C(=O)c3cc(-n4cnnn4)ccc3O)C[C@H]2N)o1. The zero-order valence-corrected chi connectivity index (χ0v) is 14.1. The Bertz CT molecular complexity index is 936. The van der Waals surface area contributed by atoms with Crippen molar-refractivity contribution >= 4 is 5.91 Å². The van der Waals surface area contributed by atoms with Gasteiger partial charge in [-0.1, -0.05) is 0 Å². The van der Waals surface area contributed by atoms with E-state index in [9.17, 15) is 9.90 Å². The molecule has 0 saturated carbocycles. The molecule has 3 aromatic rings. The quantitative estimate of drug-likeness (QED) is 0.714. The Morgan fingerprint density at radius 2 is 2.15 bits per heavy atom. The van der Waals surface area contributed by atoms with Crippen LogP contribution in [0.1, 0.15) is 27.8 Å². The van der Waals surface area contributed by atoms with Gasteiger partial charge in [-0.2, -0.15) is 0 Å². The van der Waals surface area contributed by atoms with Crippen molar-refractivity contribution in [1.82, 2.24) is 25.1 Å². The average molecular weight is 354 g/mol. The first-order valence-corrected chi connectivity index (χ1v) is 8.20. The summed E-state index contributed by atoms with van der Waals surface area (Å²) in [6.07, 6.45) is 1.42. The van der Waals surface area contributed by atoms with Crippen LogP contribution in [0.5, 0.6) is 5.75 Å². The van der Waals surface area contributed by atoms with Crippen LogP contribution < -0.4 is 5.73 Å². The molecule has 9 heteroatoms. The Morgan fingerprint density at radius 1 is 1.31 bits per heavy atom. The van der Waals surface area contributed by atoms with Gasteiger partial charge in [0.25, 0.3) is 5.91 Å². The van der Waals surface area contributed by atoms with Gasteiger partial charge in [0.15, 0.2) is 0 Å². The Morgan fingerprint density at radius 3 is 2.85 bits per heavy atom. The summed E-state index contributed by atoms with van der Waals surface area (Å²) in [6.45, 7) is 2.69. The molecule has 1 amide bonds. The van der Waals surface area contributed by atoms with Crippen LogP contribution in [0.3, 0.4) is 0 Å². The highest BCUT2D eigenvalue weighted by molar-refractivity contribution is 5.97. The minimum absolute atomic E-state index is 0.0718. The largest absolute Gasteiger partial charge is 0.507 e. The van der Waals surface area contributed by atoms with Crippen molar-refractivity contribution in [2.24, 2.45) is 5.73 Å². The second-order valence-electron chi connectivity index (χ2n) is 6.38. The second kappa shape index (κ2) is 6.26. The molecule has 9 nitrogen and oxygen atoms in total. The van der Waals surface area contributed by atoms with E-state index in [1.54, 1.807) is 17.0 Å². The number of benzene rings is 1. The predicted octanol–water partition coefficient (Wildman–Crippen LogP) is 0.836.